The van der Waals surface area contributed by atoms with E-state index in [1.807, 2.05) is 18.2 Å². The summed E-state index contributed by atoms with van der Waals surface area (Å²) in [5, 5.41) is 3.11. The average molecular weight is 297 g/mol. The van der Waals surface area contributed by atoms with E-state index < -0.39 is 0 Å². The highest BCUT2D eigenvalue weighted by atomic mass is 19.1. The van der Waals surface area contributed by atoms with Crippen molar-refractivity contribution in [2.24, 2.45) is 5.92 Å². The molecule has 0 aliphatic heterocycles. The van der Waals surface area contributed by atoms with Crippen molar-refractivity contribution >= 4 is 5.91 Å². The second-order valence-corrected chi connectivity index (χ2v) is 5.92. The van der Waals surface area contributed by atoms with Crippen molar-refractivity contribution in [2.75, 3.05) is 0 Å². The molecule has 0 bridgehead atoms. The summed E-state index contributed by atoms with van der Waals surface area (Å²) in [5.74, 6) is -0.134. The summed E-state index contributed by atoms with van der Waals surface area (Å²) in [6, 6.07) is 15.9. The van der Waals surface area contributed by atoms with Gasteiger partial charge in [-0.3, -0.25) is 4.79 Å². The number of hydrogen-bond donors (Lipinski definition) is 1. The summed E-state index contributed by atoms with van der Waals surface area (Å²) >= 11 is 0. The molecular weight excluding hydrogens is 277 g/mol. The fourth-order valence-corrected chi connectivity index (χ4v) is 3.28. The monoisotopic (exact) mass is 297 g/mol. The van der Waals surface area contributed by atoms with Crippen LogP contribution < -0.4 is 5.32 Å². The van der Waals surface area contributed by atoms with Crippen LogP contribution in [-0.2, 0) is 0 Å². The predicted octanol–water partition coefficient (Wildman–Crippen LogP) is 4.49. The molecule has 0 aromatic heterocycles. The van der Waals surface area contributed by atoms with Gasteiger partial charge < -0.3 is 5.32 Å². The molecule has 0 saturated heterocycles. The van der Waals surface area contributed by atoms with Gasteiger partial charge >= 0.3 is 0 Å². The highest BCUT2D eigenvalue weighted by molar-refractivity contribution is 5.94. The van der Waals surface area contributed by atoms with E-state index in [1.165, 1.54) is 25.0 Å². The summed E-state index contributed by atoms with van der Waals surface area (Å²) in [6.07, 6.45) is 4.68. The molecule has 2 aromatic rings. The number of benzene rings is 2. The molecule has 1 atom stereocenters. The highest BCUT2D eigenvalue weighted by Gasteiger charge is 2.27. The summed E-state index contributed by atoms with van der Waals surface area (Å²) in [6.45, 7) is 0. The Morgan fingerprint density at radius 2 is 1.77 bits per heavy atom. The van der Waals surface area contributed by atoms with Crippen LogP contribution in [0.1, 0.15) is 47.6 Å². The van der Waals surface area contributed by atoms with E-state index >= 15 is 0 Å². The second kappa shape index (κ2) is 6.73. The van der Waals surface area contributed by atoms with Gasteiger partial charge in [0.15, 0.2) is 0 Å². The molecule has 0 spiro atoms. The molecule has 1 fully saturated rings. The third kappa shape index (κ3) is 3.35. The molecule has 3 heteroatoms. The van der Waals surface area contributed by atoms with Crippen molar-refractivity contribution in [1.82, 2.24) is 5.32 Å². The Bertz CT molecular complexity index is 635. The van der Waals surface area contributed by atoms with Gasteiger partial charge in [0.25, 0.3) is 5.91 Å². The molecule has 0 radical (unpaired) electrons. The Morgan fingerprint density at radius 3 is 2.45 bits per heavy atom. The van der Waals surface area contributed by atoms with Crippen LogP contribution in [0, 0.1) is 11.7 Å². The van der Waals surface area contributed by atoms with Crippen LogP contribution in [0.3, 0.4) is 0 Å². The number of carbonyl (C=O) groups excluding carboxylic acids is 1. The van der Waals surface area contributed by atoms with Gasteiger partial charge in [0.1, 0.15) is 5.82 Å². The number of halogens is 1. The molecular formula is C19H20FNO. The zero-order valence-corrected chi connectivity index (χ0v) is 12.5. The zero-order valence-electron chi connectivity index (χ0n) is 12.5. The van der Waals surface area contributed by atoms with E-state index in [0.717, 1.165) is 18.4 Å². The number of carbonyl (C=O) groups is 1. The van der Waals surface area contributed by atoms with Gasteiger partial charge in [-0.1, -0.05) is 49.2 Å². The third-order valence-corrected chi connectivity index (χ3v) is 4.40. The first kappa shape index (κ1) is 14.8. The van der Waals surface area contributed by atoms with E-state index in [4.69, 9.17) is 0 Å². The van der Waals surface area contributed by atoms with E-state index in [9.17, 15) is 9.18 Å². The van der Waals surface area contributed by atoms with Crippen LogP contribution in [0.15, 0.2) is 54.6 Å². The number of rotatable bonds is 4. The average Bonchev–Trinajstić information content (AvgIpc) is 3.07. The van der Waals surface area contributed by atoms with Crippen LogP contribution in [0.2, 0.25) is 0 Å². The molecule has 1 aliphatic carbocycles. The smallest absolute Gasteiger partial charge is 0.251 e. The van der Waals surface area contributed by atoms with Crippen LogP contribution in [0.5, 0.6) is 0 Å². The Balaban J connectivity index is 1.82. The largest absolute Gasteiger partial charge is 0.345 e. The fourth-order valence-electron chi connectivity index (χ4n) is 3.28. The van der Waals surface area contributed by atoms with Gasteiger partial charge in [0.05, 0.1) is 6.04 Å². The van der Waals surface area contributed by atoms with Crippen LogP contribution in [0.4, 0.5) is 4.39 Å². The first-order chi connectivity index (χ1) is 10.7. The van der Waals surface area contributed by atoms with Crippen molar-refractivity contribution in [3.63, 3.8) is 0 Å². The minimum atomic E-state index is -0.384. The summed E-state index contributed by atoms with van der Waals surface area (Å²) in [4.78, 5) is 12.5. The van der Waals surface area contributed by atoms with Crippen molar-refractivity contribution in [3.8, 4) is 0 Å². The zero-order chi connectivity index (χ0) is 15.4. The molecule has 0 unspecified atom stereocenters. The van der Waals surface area contributed by atoms with Crippen LogP contribution in [0.25, 0.3) is 0 Å². The molecule has 22 heavy (non-hydrogen) atoms. The van der Waals surface area contributed by atoms with Crippen molar-refractivity contribution in [2.45, 2.75) is 31.7 Å². The van der Waals surface area contributed by atoms with Gasteiger partial charge in [-0.15, -0.1) is 0 Å². The summed E-state index contributed by atoms with van der Waals surface area (Å²) in [5.41, 5.74) is 1.50. The molecule has 114 valence electrons. The minimum absolute atomic E-state index is 0.000493. The molecule has 0 heterocycles. The van der Waals surface area contributed by atoms with Crippen molar-refractivity contribution in [1.29, 1.82) is 0 Å². The standard InChI is InChI=1S/C19H20FNO/c20-17-12-6-11-16(13-17)19(22)21-18(15-9-4-5-10-15)14-7-2-1-3-8-14/h1-3,6-8,11-13,15,18H,4-5,9-10H2,(H,21,22)/t18-/m1/s1. The lowest BCUT2D eigenvalue weighted by Gasteiger charge is -2.25. The molecule has 1 N–H and O–H groups in total. The van der Waals surface area contributed by atoms with E-state index in [-0.39, 0.29) is 17.8 Å². The first-order valence-electron chi connectivity index (χ1n) is 7.85. The molecule has 1 amide bonds. The van der Waals surface area contributed by atoms with Gasteiger partial charge in [0.2, 0.25) is 0 Å². The predicted molar refractivity (Wildman–Crippen MR) is 85.0 cm³/mol. The van der Waals surface area contributed by atoms with Crippen LogP contribution >= 0.6 is 0 Å². The SMILES string of the molecule is O=C(N[C@H](c1ccccc1)C1CCCC1)c1cccc(F)c1. The maximum Gasteiger partial charge on any atom is 0.251 e. The highest BCUT2D eigenvalue weighted by Crippen LogP contribution is 2.35. The fraction of sp³-hybridized carbons (Fsp3) is 0.316. The minimum Gasteiger partial charge on any atom is -0.345 e. The quantitative estimate of drug-likeness (QED) is 0.885. The molecule has 2 aromatic carbocycles. The van der Waals surface area contributed by atoms with E-state index in [1.54, 1.807) is 12.1 Å². The van der Waals surface area contributed by atoms with Gasteiger partial charge in [-0.25, -0.2) is 4.39 Å². The lowest BCUT2D eigenvalue weighted by molar-refractivity contribution is 0.0921. The first-order valence-corrected chi connectivity index (χ1v) is 7.85. The van der Waals surface area contributed by atoms with Crippen molar-refractivity contribution in [3.05, 3.63) is 71.5 Å². The maximum atomic E-state index is 13.3. The number of nitrogens with one attached hydrogen (secondary N) is 1. The molecule has 1 saturated carbocycles. The number of amides is 1. The molecule has 2 nitrogen and oxygen atoms in total. The Kier molecular flexibility index (Phi) is 4.52. The Labute approximate surface area is 130 Å². The van der Waals surface area contributed by atoms with Gasteiger partial charge in [0, 0.05) is 5.56 Å². The normalized spacial score (nSPS) is 16.4. The number of hydrogen-bond acceptors (Lipinski definition) is 1. The van der Waals surface area contributed by atoms with Gasteiger partial charge in [-0.05, 0) is 42.5 Å². The second-order valence-electron chi connectivity index (χ2n) is 5.92. The Morgan fingerprint density at radius 1 is 1.05 bits per heavy atom. The molecule has 3 rings (SSSR count). The molecule has 1 aliphatic rings. The van der Waals surface area contributed by atoms with Gasteiger partial charge in [-0.2, -0.15) is 0 Å². The summed E-state index contributed by atoms with van der Waals surface area (Å²) < 4.78 is 13.3. The third-order valence-electron chi connectivity index (χ3n) is 4.40. The van der Waals surface area contributed by atoms with Crippen LogP contribution in [-0.4, -0.2) is 5.91 Å². The van der Waals surface area contributed by atoms with E-state index in [0.29, 0.717) is 11.5 Å². The summed E-state index contributed by atoms with van der Waals surface area (Å²) in [7, 11) is 0. The topological polar surface area (TPSA) is 29.1 Å². The maximum absolute atomic E-state index is 13.3. The Hall–Kier alpha value is -2.16. The lowest BCUT2D eigenvalue weighted by atomic mass is 9.91. The van der Waals surface area contributed by atoms with Crippen molar-refractivity contribution < 1.29 is 9.18 Å². The lowest BCUT2D eigenvalue weighted by Crippen LogP contribution is -2.32. The van der Waals surface area contributed by atoms with E-state index in [2.05, 4.69) is 17.4 Å².